The standard InChI is InChI=1S/C31H33F3N6O2/c1-20-13-39(7-8-42-20)14-21-9-24-25(26(10-21)31(32,33)34)15-40(28(24)41)23-6-4-5-22(11-23)30(16-29(2,17-30)18-35)12-27-37-36-19-38(27)3/h4-6,9-11,19-20H,7-8,12-17H2,1-3H3/t20-,29?,30?/m1/s1. The number of nitriles is 1. The van der Waals surface area contributed by atoms with Gasteiger partial charge in [-0.05, 0) is 67.6 Å². The van der Waals surface area contributed by atoms with Gasteiger partial charge in [0.05, 0.1) is 36.3 Å². The molecule has 2 aliphatic heterocycles. The van der Waals surface area contributed by atoms with E-state index in [9.17, 15) is 23.2 Å². The number of fused-ring (bicyclic) bond motifs is 1. The Morgan fingerprint density at radius 2 is 2.00 bits per heavy atom. The molecule has 1 aromatic heterocycles. The van der Waals surface area contributed by atoms with E-state index >= 15 is 0 Å². The number of anilines is 1. The van der Waals surface area contributed by atoms with Gasteiger partial charge < -0.3 is 14.2 Å². The molecule has 3 aliphatic rings. The molecule has 8 nitrogen and oxygen atoms in total. The van der Waals surface area contributed by atoms with E-state index < -0.39 is 28.5 Å². The number of hydrogen-bond donors (Lipinski definition) is 0. The predicted octanol–water partition coefficient (Wildman–Crippen LogP) is 5.02. The second-order valence-corrected chi connectivity index (χ2v) is 12.4. The summed E-state index contributed by atoms with van der Waals surface area (Å²) in [4.78, 5) is 17.2. The number of halogens is 3. The molecule has 0 bridgehead atoms. The van der Waals surface area contributed by atoms with Crippen molar-refractivity contribution in [3.05, 3.63) is 76.4 Å². The van der Waals surface area contributed by atoms with Crippen LogP contribution in [0.1, 0.15) is 65.1 Å². The normalized spacial score (nSPS) is 26.2. The number of ether oxygens (including phenoxy) is 1. The third kappa shape index (κ3) is 5.07. The zero-order valence-electron chi connectivity index (χ0n) is 23.9. The fraction of sp³-hybridized carbons (Fsp3) is 0.484. The smallest absolute Gasteiger partial charge is 0.376 e. The molecular formula is C31H33F3N6O2. The van der Waals surface area contributed by atoms with Crippen LogP contribution in [0.5, 0.6) is 0 Å². The number of carbonyl (C=O) groups excluding carboxylic acids is 1. The monoisotopic (exact) mass is 578 g/mol. The molecule has 3 heterocycles. The number of carbonyl (C=O) groups is 1. The summed E-state index contributed by atoms with van der Waals surface area (Å²) in [6.07, 6.45) is -1.21. The van der Waals surface area contributed by atoms with E-state index in [1.54, 1.807) is 18.5 Å². The highest BCUT2D eigenvalue weighted by atomic mass is 19.4. The molecule has 220 valence electrons. The second-order valence-electron chi connectivity index (χ2n) is 12.4. The minimum atomic E-state index is -4.59. The quantitative estimate of drug-likeness (QED) is 0.408. The molecule has 11 heteroatoms. The molecule has 2 aromatic carbocycles. The number of rotatable bonds is 6. The van der Waals surface area contributed by atoms with Gasteiger partial charge in [0, 0.05) is 49.8 Å². The molecule has 0 N–H and O–H groups in total. The van der Waals surface area contributed by atoms with Crippen LogP contribution < -0.4 is 4.90 Å². The molecule has 0 unspecified atom stereocenters. The van der Waals surface area contributed by atoms with Gasteiger partial charge in [-0.1, -0.05) is 12.1 Å². The van der Waals surface area contributed by atoms with E-state index in [0.717, 1.165) is 11.4 Å². The summed E-state index contributed by atoms with van der Waals surface area (Å²) in [5.41, 5.74) is 0.373. The topological polar surface area (TPSA) is 87.3 Å². The Balaban J connectivity index is 1.33. The average Bonchev–Trinajstić information content (AvgIpc) is 3.48. The van der Waals surface area contributed by atoms with Crippen molar-refractivity contribution in [3.8, 4) is 6.07 Å². The molecule has 42 heavy (non-hydrogen) atoms. The van der Waals surface area contributed by atoms with Crippen molar-refractivity contribution >= 4 is 11.6 Å². The van der Waals surface area contributed by atoms with Crippen LogP contribution >= 0.6 is 0 Å². The summed E-state index contributed by atoms with van der Waals surface area (Å²) < 4.78 is 50.4. The van der Waals surface area contributed by atoms with Crippen LogP contribution in [-0.2, 0) is 42.9 Å². The Morgan fingerprint density at radius 1 is 1.21 bits per heavy atom. The van der Waals surface area contributed by atoms with Crippen molar-refractivity contribution in [1.82, 2.24) is 19.7 Å². The summed E-state index contributed by atoms with van der Waals surface area (Å²) in [5, 5.41) is 18.0. The predicted molar refractivity (Wildman–Crippen MR) is 148 cm³/mol. The number of hydrogen-bond acceptors (Lipinski definition) is 6. The molecule has 6 rings (SSSR count). The molecule has 1 amide bonds. The molecular weight excluding hydrogens is 545 g/mol. The lowest BCUT2D eigenvalue weighted by Crippen LogP contribution is -2.49. The first kappa shape index (κ1) is 28.4. The SMILES string of the molecule is C[C@@H]1CN(Cc2cc3c(c(C(F)(F)F)c2)CN(c2cccc(C4(Cc5nncn5C)CC(C)(C#N)C4)c2)C3=O)CCO1. The Bertz CT molecular complexity index is 1570. The highest BCUT2D eigenvalue weighted by Crippen LogP contribution is 2.57. The Labute approximate surface area is 242 Å². The zero-order chi connectivity index (χ0) is 29.9. The van der Waals surface area contributed by atoms with Gasteiger partial charge in [0.15, 0.2) is 0 Å². The van der Waals surface area contributed by atoms with Crippen molar-refractivity contribution in [2.24, 2.45) is 12.5 Å². The number of benzene rings is 2. The van der Waals surface area contributed by atoms with Crippen LogP contribution in [0, 0.1) is 16.7 Å². The fourth-order valence-corrected chi connectivity index (χ4v) is 7.04. The number of aromatic nitrogens is 3. The average molecular weight is 579 g/mol. The van der Waals surface area contributed by atoms with Gasteiger partial charge in [0.2, 0.25) is 0 Å². The highest BCUT2D eigenvalue weighted by molar-refractivity contribution is 6.10. The lowest BCUT2D eigenvalue weighted by molar-refractivity contribution is -0.138. The van der Waals surface area contributed by atoms with Gasteiger partial charge in [-0.15, -0.1) is 10.2 Å². The van der Waals surface area contributed by atoms with E-state index in [2.05, 4.69) is 21.2 Å². The molecule has 0 radical (unpaired) electrons. The van der Waals surface area contributed by atoms with E-state index in [1.165, 1.54) is 11.0 Å². The van der Waals surface area contributed by atoms with Gasteiger partial charge in [-0.2, -0.15) is 18.4 Å². The third-order valence-corrected chi connectivity index (χ3v) is 8.94. The van der Waals surface area contributed by atoms with E-state index in [0.29, 0.717) is 56.8 Å². The van der Waals surface area contributed by atoms with E-state index in [-0.39, 0.29) is 23.8 Å². The molecule has 1 saturated carbocycles. The van der Waals surface area contributed by atoms with Crippen LogP contribution in [0.2, 0.25) is 0 Å². The van der Waals surface area contributed by atoms with Crippen LogP contribution in [0.3, 0.4) is 0 Å². The zero-order valence-corrected chi connectivity index (χ0v) is 23.9. The Morgan fingerprint density at radius 3 is 2.67 bits per heavy atom. The third-order valence-electron chi connectivity index (χ3n) is 8.94. The second kappa shape index (κ2) is 10.2. The van der Waals surface area contributed by atoms with Gasteiger partial charge in [0.25, 0.3) is 5.91 Å². The maximum absolute atomic E-state index is 14.3. The first-order chi connectivity index (χ1) is 19.9. The van der Waals surface area contributed by atoms with E-state index in [4.69, 9.17) is 4.74 Å². The number of nitrogens with zero attached hydrogens (tertiary/aromatic N) is 6. The molecule has 2 fully saturated rings. The summed E-state index contributed by atoms with van der Waals surface area (Å²) in [6, 6.07) is 12.7. The number of aryl methyl sites for hydroxylation is 1. The van der Waals surface area contributed by atoms with Gasteiger partial charge in [-0.25, -0.2) is 0 Å². The largest absolute Gasteiger partial charge is 0.416 e. The number of morpholine rings is 1. The van der Waals surface area contributed by atoms with Crippen LogP contribution in [0.15, 0.2) is 42.7 Å². The minimum Gasteiger partial charge on any atom is -0.376 e. The van der Waals surface area contributed by atoms with Crippen molar-refractivity contribution < 1.29 is 22.7 Å². The molecule has 1 atom stereocenters. The Hall–Kier alpha value is -3.75. The van der Waals surface area contributed by atoms with Gasteiger partial charge in [-0.3, -0.25) is 9.69 Å². The van der Waals surface area contributed by atoms with Gasteiger partial charge >= 0.3 is 6.18 Å². The van der Waals surface area contributed by atoms with Crippen molar-refractivity contribution in [1.29, 1.82) is 5.26 Å². The lowest BCUT2D eigenvalue weighted by Gasteiger charge is -2.51. The molecule has 0 spiro atoms. The van der Waals surface area contributed by atoms with Crippen molar-refractivity contribution in [2.75, 3.05) is 24.6 Å². The Kier molecular flexibility index (Phi) is 6.90. The molecule has 1 saturated heterocycles. The first-order valence-electron chi connectivity index (χ1n) is 14.1. The van der Waals surface area contributed by atoms with E-state index in [1.807, 2.05) is 43.7 Å². The first-order valence-corrected chi connectivity index (χ1v) is 14.1. The summed E-state index contributed by atoms with van der Waals surface area (Å²) >= 11 is 0. The molecule has 3 aromatic rings. The fourth-order valence-electron chi connectivity index (χ4n) is 7.04. The summed E-state index contributed by atoms with van der Waals surface area (Å²) in [7, 11) is 1.87. The highest BCUT2D eigenvalue weighted by Gasteiger charge is 2.54. The van der Waals surface area contributed by atoms with Gasteiger partial charge in [0.1, 0.15) is 12.2 Å². The molecule has 1 aliphatic carbocycles. The van der Waals surface area contributed by atoms with Crippen LogP contribution in [0.4, 0.5) is 18.9 Å². The maximum Gasteiger partial charge on any atom is 0.416 e. The summed E-state index contributed by atoms with van der Waals surface area (Å²) in [6.45, 7) is 5.78. The van der Waals surface area contributed by atoms with Crippen LogP contribution in [0.25, 0.3) is 0 Å². The van der Waals surface area contributed by atoms with Crippen molar-refractivity contribution in [3.63, 3.8) is 0 Å². The van der Waals surface area contributed by atoms with Crippen LogP contribution in [-0.4, -0.2) is 51.4 Å². The van der Waals surface area contributed by atoms with Crippen molar-refractivity contribution in [2.45, 2.75) is 63.9 Å². The number of amides is 1. The maximum atomic E-state index is 14.3. The summed E-state index contributed by atoms with van der Waals surface area (Å²) in [5.74, 6) is 0.338. The number of alkyl halides is 3. The minimum absolute atomic E-state index is 0.00156. The lowest BCUT2D eigenvalue weighted by atomic mass is 9.50.